The van der Waals surface area contributed by atoms with Crippen molar-refractivity contribution in [1.82, 2.24) is 14.9 Å². The van der Waals surface area contributed by atoms with E-state index in [9.17, 15) is 4.79 Å². The van der Waals surface area contributed by atoms with Crippen molar-refractivity contribution < 1.29 is 9.53 Å². The molecule has 0 aliphatic rings. The molecule has 1 aromatic rings. The first kappa shape index (κ1) is 14.7. The predicted molar refractivity (Wildman–Crippen MR) is 70.2 cm³/mol. The number of rotatable bonds is 5. The van der Waals surface area contributed by atoms with Crippen molar-refractivity contribution in [3.05, 3.63) is 18.2 Å². The Labute approximate surface area is 109 Å². The number of esters is 1. The van der Waals surface area contributed by atoms with E-state index in [2.05, 4.69) is 24.1 Å². The number of methoxy groups -OCH3 is 1. The van der Waals surface area contributed by atoms with E-state index in [1.807, 2.05) is 25.5 Å². The smallest absolute Gasteiger partial charge is 0.329 e. The van der Waals surface area contributed by atoms with E-state index in [-0.39, 0.29) is 23.5 Å². The van der Waals surface area contributed by atoms with Crippen molar-refractivity contribution >= 4 is 5.97 Å². The van der Waals surface area contributed by atoms with Gasteiger partial charge >= 0.3 is 5.97 Å². The number of aromatic nitrogens is 2. The lowest BCUT2D eigenvalue weighted by molar-refractivity contribution is -0.146. The van der Waals surface area contributed by atoms with Crippen molar-refractivity contribution in [2.24, 2.45) is 5.92 Å². The summed E-state index contributed by atoms with van der Waals surface area (Å²) < 4.78 is 6.79. The normalized spacial score (nSPS) is 13.7. The fraction of sp³-hybridized carbons (Fsp3) is 0.692. The second-order valence-electron chi connectivity index (χ2n) is 5.27. The fourth-order valence-electron chi connectivity index (χ4n) is 1.97. The maximum atomic E-state index is 11.9. The Morgan fingerprint density at radius 3 is 2.56 bits per heavy atom. The summed E-state index contributed by atoms with van der Waals surface area (Å²) in [5.74, 6) is -0.103. The highest BCUT2D eigenvalue weighted by atomic mass is 16.5. The van der Waals surface area contributed by atoms with Crippen molar-refractivity contribution in [1.29, 1.82) is 0 Å². The van der Waals surface area contributed by atoms with Crippen LogP contribution in [0.1, 0.15) is 39.4 Å². The summed E-state index contributed by atoms with van der Waals surface area (Å²) in [7, 11) is 3.30. The minimum absolute atomic E-state index is 0.137. The molecule has 5 nitrogen and oxygen atoms in total. The van der Waals surface area contributed by atoms with E-state index in [1.54, 1.807) is 12.5 Å². The zero-order valence-corrected chi connectivity index (χ0v) is 12.0. The molecule has 1 N–H and O–H groups in total. The zero-order chi connectivity index (χ0) is 13.9. The monoisotopic (exact) mass is 253 g/mol. The first-order valence-electron chi connectivity index (χ1n) is 6.14. The third-order valence-corrected chi connectivity index (χ3v) is 3.31. The molecule has 0 fully saturated rings. The van der Waals surface area contributed by atoms with Gasteiger partial charge in [-0.15, -0.1) is 0 Å². The number of imidazole rings is 1. The minimum Gasteiger partial charge on any atom is -0.467 e. The summed E-state index contributed by atoms with van der Waals surface area (Å²) in [6.07, 6.45) is 3.48. The third-order valence-electron chi connectivity index (χ3n) is 3.31. The van der Waals surface area contributed by atoms with Gasteiger partial charge in [0.25, 0.3) is 0 Å². The molecule has 0 amide bonds. The summed E-state index contributed by atoms with van der Waals surface area (Å²) in [6.45, 7) is 8.10. The molecule has 0 saturated heterocycles. The number of ether oxygens (including phenoxy) is 1. The zero-order valence-electron chi connectivity index (χ0n) is 12.0. The van der Waals surface area contributed by atoms with Crippen LogP contribution >= 0.6 is 0 Å². The molecule has 0 saturated carbocycles. The molecule has 1 heterocycles. The maximum Gasteiger partial charge on any atom is 0.329 e. The lowest BCUT2D eigenvalue weighted by atomic mass is 9.98. The van der Waals surface area contributed by atoms with Gasteiger partial charge in [0.15, 0.2) is 0 Å². The summed E-state index contributed by atoms with van der Waals surface area (Å²) in [4.78, 5) is 16.1. The Morgan fingerprint density at radius 1 is 1.50 bits per heavy atom. The number of carbonyl (C=O) groups excluding carboxylic acids is 1. The van der Waals surface area contributed by atoms with E-state index in [4.69, 9.17) is 4.74 Å². The lowest BCUT2D eigenvalue weighted by Crippen LogP contribution is -2.38. The summed E-state index contributed by atoms with van der Waals surface area (Å²) in [5.41, 5.74) is 0.714. The van der Waals surface area contributed by atoms with E-state index in [1.165, 1.54) is 7.11 Å². The molecule has 102 valence electrons. The Balaban J connectivity index is 3.23. The first-order valence-corrected chi connectivity index (χ1v) is 6.14. The highest BCUT2D eigenvalue weighted by molar-refractivity contribution is 5.74. The number of hydrogen-bond donors (Lipinski definition) is 1. The highest BCUT2D eigenvalue weighted by Gasteiger charge is 2.31. The van der Waals surface area contributed by atoms with Crippen LogP contribution in [-0.4, -0.2) is 29.7 Å². The number of nitrogens with zero attached hydrogens (tertiary/aromatic N) is 2. The first-order chi connectivity index (χ1) is 8.35. The van der Waals surface area contributed by atoms with Crippen LogP contribution in [0.2, 0.25) is 0 Å². The minimum atomic E-state index is -0.347. The van der Waals surface area contributed by atoms with Gasteiger partial charge < -0.3 is 14.6 Å². The fourth-order valence-corrected chi connectivity index (χ4v) is 1.97. The Hall–Kier alpha value is -1.36. The molecule has 0 aromatic carbocycles. The van der Waals surface area contributed by atoms with E-state index < -0.39 is 0 Å². The molecule has 1 rings (SSSR count). The number of carbonyl (C=O) groups is 1. The van der Waals surface area contributed by atoms with Crippen LogP contribution in [0.15, 0.2) is 12.5 Å². The highest BCUT2D eigenvalue weighted by Crippen LogP contribution is 2.27. The van der Waals surface area contributed by atoms with Crippen LogP contribution in [0.4, 0.5) is 0 Å². The van der Waals surface area contributed by atoms with E-state index in [0.717, 1.165) is 5.69 Å². The molecule has 0 aliphatic heterocycles. The lowest BCUT2D eigenvalue weighted by Gasteiger charge is -2.29. The molecule has 18 heavy (non-hydrogen) atoms. The molecule has 0 spiro atoms. The molecule has 0 bridgehead atoms. The molecule has 0 aliphatic carbocycles. The SMILES string of the molecule is CNC(C)(C)c1cncn1C(C(=O)OC)C(C)C. The number of hydrogen-bond acceptors (Lipinski definition) is 4. The van der Waals surface area contributed by atoms with Gasteiger partial charge in [0.2, 0.25) is 0 Å². The van der Waals surface area contributed by atoms with E-state index in [0.29, 0.717) is 0 Å². The molecule has 1 unspecified atom stereocenters. The molecule has 0 radical (unpaired) electrons. The Kier molecular flexibility index (Phi) is 4.51. The van der Waals surface area contributed by atoms with Gasteiger partial charge in [0.1, 0.15) is 6.04 Å². The van der Waals surface area contributed by atoms with Crippen LogP contribution < -0.4 is 5.32 Å². The topological polar surface area (TPSA) is 56.2 Å². The predicted octanol–water partition coefficient (Wildman–Crippen LogP) is 1.71. The van der Waals surface area contributed by atoms with Crippen molar-refractivity contribution in [3.63, 3.8) is 0 Å². The standard InChI is InChI=1S/C13H23N3O2/c1-9(2)11(12(17)18-6)16-8-15-7-10(16)13(3,4)14-5/h7-9,11,14H,1-6H3. The molecule has 5 heteroatoms. The van der Waals surface area contributed by atoms with Gasteiger partial charge in [-0.05, 0) is 26.8 Å². The summed E-state index contributed by atoms with van der Waals surface area (Å²) >= 11 is 0. The van der Waals surface area contributed by atoms with Gasteiger partial charge in [0, 0.05) is 0 Å². The average Bonchev–Trinajstić information content (AvgIpc) is 2.78. The summed E-state index contributed by atoms with van der Waals surface area (Å²) in [6, 6.07) is -0.347. The largest absolute Gasteiger partial charge is 0.467 e. The number of nitrogens with one attached hydrogen (secondary N) is 1. The van der Waals surface area contributed by atoms with Gasteiger partial charge in [-0.3, -0.25) is 0 Å². The van der Waals surface area contributed by atoms with Gasteiger partial charge in [0.05, 0.1) is 30.9 Å². The maximum absolute atomic E-state index is 11.9. The molecule has 1 atom stereocenters. The van der Waals surface area contributed by atoms with Crippen molar-refractivity contribution in [3.8, 4) is 0 Å². The molecular formula is C13H23N3O2. The van der Waals surface area contributed by atoms with Crippen molar-refractivity contribution in [2.75, 3.05) is 14.2 Å². The van der Waals surface area contributed by atoms with Crippen LogP contribution in [0.5, 0.6) is 0 Å². The van der Waals surface area contributed by atoms with Gasteiger partial charge in [-0.2, -0.15) is 0 Å². The van der Waals surface area contributed by atoms with Crippen LogP contribution in [0.3, 0.4) is 0 Å². The second kappa shape index (κ2) is 5.52. The quantitative estimate of drug-likeness (QED) is 0.812. The summed E-state index contributed by atoms with van der Waals surface area (Å²) in [5, 5.41) is 3.22. The molecular weight excluding hydrogens is 230 g/mol. The van der Waals surface area contributed by atoms with Crippen molar-refractivity contribution in [2.45, 2.75) is 39.3 Å². The van der Waals surface area contributed by atoms with Crippen LogP contribution in [-0.2, 0) is 15.1 Å². The average molecular weight is 253 g/mol. The molecule has 1 aromatic heterocycles. The van der Waals surface area contributed by atoms with Gasteiger partial charge in [-0.1, -0.05) is 13.8 Å². The Morgan fingerprint density at radius 2 is 2.11 bits per heavy atom. The second-order valence-corrected chi connectivity index (χ2v) is 5.27. The van der Waals surface area contributed by atoms with Crippen LogP contribution in [0.25, 0.3) is 0 Å². The van der Waals surface area contributed by atoms with Gasteiger partial charge in [-0.25, -0.2) is 9.78 Å². The van der Waals surface area contributed by atoms with Crippen LogP contribution in [0, 0.1) is 5.92 Å². The van der Waals surface area contributed by atoms with E-state index >= 15 is 0 Å². The third kappa shape index (κ3) is 2.72. The Bertz CT molecular complexity index is 410.